The van der Waals surface area contributed by atoms with Crippen LogP contribution in [-0.4, -0.2) is 29.1 Å². The van der Waals surface area contributed by atoms with Crippen LogP contribution in [0.5, 0.6) is 0 Å². The molecule has 3 nitrogen and oxygen atoms in total. The Morgan fingerprint density at radius 3 is 2.69 bits per heavy atom. The number of rotatable bonds is 3. The quantitative estimate of drug-likeness (QED) is 0.849. The molecule has 0 saturated carbocycles. The topological polar surface area (TPSA) is 25.2 Å². The van der Waals surface area contributed by atoms with Crippen molar-refractivity contribution in [3.05, 3.63) is 33.2 Å². The number of piperidine rings is 1. The lowest BCUT2D eigenvalue weighted by molar-refractivity contribution is 0.220. The molecule has 0 bridgehead atoms. The minimum Gasteiger partial charge on any atom is -0.313 e. The summed E-state index contributed by atoms with van der Waals surface area (Å²) in [5, 5.41) is 0. The van der Waals surface area contributed by atoms with Gasteiger partial charge in [0, 0.05) is 19.3 Å². The van der Waals surface area contributed by atoms with E-state index in [9.17, 15) is 4.79 Å². The van der Waals surface area contributed by atoms with Gasteiger partial charge in [0.25, 0.3) is 5.56 Å². The third-order valence-corrected chi connectivity index (χ3v) is 3.68. The molecule has 1 saturated heterocycles. The lowest BCUT2D eigenvalue weighted by Gasteiger charge is -2.26. The molecule has 0 radical (unpaired) electrons. The highest BCUT2D eigenvalue weighted by Gasteiger charge is 2.09. The molecular weight excluding hydrogens is 268 g/mol. The van der Waals surface area contributed by atoms with Gasteiger partial charge in [0.1, 0.15) is 0 Å². The van der Waals surface area contributed by atoms with Gasteiger partial charge >= 0.3 is 0 Å². The van der Waals surface area contributed by atoms with Crippen LogP contribution in [0.4, 0.5) is 0 Å². The van der Waals surface area contributed by atoms with Gasteiger partial charge in [-0.3, -0.25) is 4.79 Å². The van der Waals surface area contributed by atoms with Crippen LogP contribution in [0.15, 0.2) is 27.6 Å². The van der Waals surface area contributed by atoms with Crippen molar-refractivity contribution < 1.29 is 0 Å². The lowest BCUT2D eigenvalue weighted by atomic mass is 10.1. The lowest BCUT2D eigenvalue weighted by Crippen LogP contribution is -2.34. The summed E-state index contributed by atoms with van der Waals surface area (Å²) in [6.07, 6.45) is 5.81. The maximum atomic E-state index is 11.7. The molecule has 4 heteroatoms. The Hall–Kier alpha value is -0.610. The second-order valence-corrected chi connectivity index (χ2v) is 5.11. The minimum atomic E-state index is 0.0690. The van der Waals surface area contributed by atoms with Gasteiger partial charge in [-0.15, -0.1) is 0 Å². The summed E-state index contributed by atoms with van der Waals surface area (Å²) in [7, 11) is 0. The van der Waals surface area contributed by atoms with E-state index in [4.69, 9.17) is 0 Å². The van der Waals surface area contributed by atoms with Gasteiger partial charge in [0.2, 0.25) is 0 Å². The first kappa shape index (κ1) is 11.9. The highest BCUT2D eigenvalue weighted by molar-refractivity contribution is 9.10. The van der Waals surface area contributed by atoms with Crippen molar-refractivity contribution in [3.63, 3.8) is 0 Å². The number of halogens is 1. The largest absolute Gasteiger partial charge is 0.313 e. The van der Waals surface area contributed by atoms with Crippen molar-refractivity contribution >= 4 is 15.9 Å². The smallest absolute Gasteiger partial charge is 0.264 e. The highest BCUT2D eigenvalue weighted by atomic mass is 79.9. The SMILES string of the molecule is O=c1c(Br)cccn1CCN1CCCCC1. The van der Waals surface area contributed by atoms with Crippen molar-refractivity contribution in [2.45, 2.75) is 25.8 Å². The Balaban J connectivity index is 1.94. The molecule has 0 spiro atoms. The predicted molar refractivity (Wildman–Crippen MR) is 68.7 cm³/mol. The van der Waals surface area contributed by atoms with Crippen LogP contribution in [0.25, 0.3) is 0 Å². The van der Waals surface area contributed by atoms with Gasteiger partial charge in [0.05, 0.1) is 4.47 Å². The average molecular weight is 285 g/mol. The van der Waals surface area contributed by atoms with E-state index in [1.54, 1.807) is 10.6 Å². The molecule has 1 aliphatic rings. The first-order chi connectivity index (χ1) is 7.77. The molecule has 2 heterocycles. The van der Waals surface area contributed by atoms with Crippen LogP contribution in [0, 0.1) is 0 Å². The van der Waals surface area contributed by atoms with E-state index in [1.165, 1.54) is 32.4 Å². The number of hydrogen-bond acceptors (Lipinski definition) is 2. The van der Waals surface area contributed by atoms with Crippen LogP contribution in [0.1, 0.15) is 19.3 Å². The molecule has 0 amide bonds. The molecule has 0 N–H and O–H groups in total. The molecule has 1 aromatic rings. The maximum absolute atomic E-state index is 11.7. The van der Waals surface area contributed by atoms with Gasteiger partial charge in [-0.25, -0.2) is 0 Å². The number of aromatic nitrogens is 1. The first-order valence-electron chi connectivity index (χ1n) is 5.85. The zero-order chi connectivity index (χ0) is 11.4. The molecule has 1 aliphatic heterocycles. The van der Waals surface area contributed by atoms with Crippen LogP contribution in [0.3, 0.4) is 0 Å². The fraction of sp³-hybridized carbons (Fsp3) is 0.583. The van der Waals surface area contributed by atoms with Crippen LogP contribution < -0.4 is 5.56 Å². The van der Waals surface area contributed by atoms with Gasteiger partial charge < -0.3 is 9.47 Å². The highest BCUT2D eigenvalue weighted by Crippen LogP contribution is 2.08. The summed E-state index contributed by atoms with van der Waals surface area (Å²) < 4.78 is 2.42. The molecule has 2 rings (SSSR count). The number of hydrogen-bond donors (Lipinski definition) is 0. The molecule has 1 fully saturated rings. The van der Waals surface area contributed by atoms with Crippen LogP contribution in [-0.2, 0) is 6.54 Å². The maximum Gasteiger partial charge on any atom is 0.264 e. The second kappa shape index (κ2) is 5.64. The second-order valence-electron chi connectivity index (χ2n) is 4.26. The van der Waals surface area contributed by atoms with Crippen molar-refractivity contribution in [2.75, 3.05) is 19.6 Å². The standard InChI is InChI=1S/C12H17BrN2O/c13-11-5-4-8-15(12(11)16)10-9-14-6-2-1-3-7-14/h4-5,8H,1-3,6-7,9-10H2. The van der Waals surface area contributed by atoms with Crippen molar-refractivity contribution in [1.82, 2.24) is 9.47 Å². The molecule has 0 unspecified atom stereocenters. The van der Waals surface area contributed by atoms with Gasteiger partial charge in [-0.2, -0.15) is 0 Å². The van der Waals surface area contributed by atoms with E-state index in [1.807, 2.05) is 12.3 Å². The Labute approximate surface area is 104 Å². The molecule has 0 atom stereocenters. The van der Waals surface area contributed by atoms with E-state index >= 15 is 0 Å². The third kappa shape index (κ3) is 2.95. The van der Waals surface area contributed by atoms with Crippen molar-refractivity contribution in [3.8, 4) is 0 Å². The fourth-order valence-corrected chi connectivity index (χ4v) is 2.50. The third-order valence-electron chi connectivity index (χ3n) is 3.08. The van der Waals surface area contributed by atoms with E-state index < -0.39 is 0 Å². The number of nitrogens with zero attached hydrogens (tertiary/aromatic N) is 2. The zero-order valence-electron chi connectivity index (χ0n) is 9.36. The molecule has 88 valence electrons. The summed E-state index contributed by atoms with van der Waals surface area (Å²) >= 11 is 3.27. The number of pyridine rings is 1. The Morgan fingerprint density at radius 2 is 1.94 bits per heavy atom. The number of likely N-dealkylation sites (tertiary alicyclic amines) is 1. The molecular formula is C12H17BrN2O. The Bertz CT molecular complexity index is 396. The summed E-state index contributed by atoms with van der Waals surface area (Å²) in [5.74, 6) is 0. The van der Waals surface area contributed by atoms with Crippen LogP contribution in [0.2, 0.25) is 0 Å². The fourth-order valence-electron chi connectivity index (χ4n) is 2.12. The van der Waals surface area contributed by atoms with Crippen molar-refractivity contribution in [2.24, 2.45) is 0 Å². The molecule has 1 aromatic heterocycles. The predicted octanol–water partition coefficient (Wildman–Crippen LogP) is 2.10. The van der Waals surface area contributed by atoms with Gasteiger partial charge in [0.15, 0.2) is 0 Å². The first-order valence-corrected chi connectivity index (χ1v) is 6.64. The summed E-state index contributed by atoms with van der Waals surface area (Å²) in [4.78, 5) is 14.2. The van der Waals surface area contributed by atoms with Crippen LogP contribution >= 0.6 is 15.9 Å². The van der Waals surface area contributed by atoms with Gasteiger partial charge in [-0.1, -0.05) is 6.42 Å². The Morgan fingerprint density at radius 1 is 1.19 bits per heavy atom. The van der Waals surface area contributed by atoms with E-state index in [0.717, 1.165) is 13.1 Å². The zero-order valence-corrected chi connectivity index (χ0v) is 10.9. The minimum absolute atomic E-state index is 0.0690. The monoisotopic (exact) mass is 284 g/mol. The summed E-state index contributed by atoms with van der Waals surface area (Å²) in [5.41, 5.74) is 0.0690. The average Bonchev–Trinajstić information content (AvgIpc) is 2.32. The summed E-state index contributed by atoms with van der Waals surface area (Å²) in [6, 6.07) is 3.70. The Kier molecular flexibility index (Phi) is 4.18. The van der Waals surface area contributed by atoms with E-state index in [2.05, 4.69) is 20.8 Å². The molecule has 0 aromatic carbocycles. The van der Waals surface area contributed by atoms with Gasteiger partial charge in [-0.05, 0) is 54.0 Å². The van der Waals surface area contributed by atoms with Crippen molar-refractivity contribution in [1.29, 1.82) is 0 Å². The van der Waals surface area contributed by atoms with E-state index in [0.29, 0.717) is 4.47 Å². The molecule has 16 heavy (non-hydrogen) atoms. The normalized spacial score (nSPS) is 17.6. The van der Waals surface area contributed by atoms with E-state index in [-0.39, 0.29) is 5.56 Å². The summed E-state index contributed by atoms with van der Waals surface area (Å²) in [6.45, 7) is 4.14. The molecule has 0 aliphatic carbocycles.